The number of thioether (sulfide) groups is 1. The van der Waals surface area contributed by atoms with Crippen molar-refractivity contribution in [3.05, 3.63) is 52.7 Å². The van der Waals surface area contributed by atoms with Gasteiger partial charge in [-0.15, -0.1) is 0 Å². The molecule has 2 aromatic rings. The number of nitrogens with zero attached hydrogens (tertiary/aromatic N) is 3. The van der Waals surface area contributed by atoms with Crippen molar-refractivity contribution in [2.75, 3.05) is 17.2 Å². The topological polar surface area (TPSA) is 57.0 Å². The molecule has 1 aromatic carbocycles. The van der Waals surface area contributed by atoms with Gasteiger partial charge in [-0.2, -0.15) is 5.26 Å². The van der Waals surface area contributed by atoms with Gasteiger partial charge in [0.15, 0.2) is 0 Å². The molecule has 1 aliphatic heterocycles. The molecule has 0 bridgehead atoms. The SMILES string of the molecule is Cc1cc(C)c(C#N)c(SCC(=O)N2CCCc3ccccc32)n1. The number of anilines is 1. The van der Waals surface area contributed by atoms with E-state index >= 15 is 0 Å². The molecule has 0 unspecified atom stereocenters. The summed E-state index contributed by atoms with van der Waals surface area (Å²) < 4.78 is 0. The average molecular weight is 337 g/mol. The van der Waals surface area contributed by atoms with Crippen LogP contribution < -0.4 is 4.90 Å². The smallest absolute Gasteiger partial charge is 0.237 e. The molecule has 0 saturated carbocycles. The first-order chi connectivity index (χ1) is 11.6. The van der Waals surface area contributed by atoms with E-state index < -0.39 is 0 Å². The molecular weight excluding hydrogens is 318 g/mol. The van der Waals surface area contributed by atoms with Crippen molar-refractivity contribution in [3.8, 4) is 6.07 Å². The zero-order valence-electron chi connectivity index (χ0n) is 13.9. The highest BCUT2D eigenvalue weighted by Gasteiger charge is 2.22. The Morgan fingerprint density at radius 1 is 1.38 bits per heavy atom. The van der Waals surface area contributed by atoms with Crippen molar-refractivity contribution in [2.24, 2.45) is 0 Å². The summed E-state index contributed by atoms with van der Waals surface area (Å²) in [5, 5.41) is 9.98. The van der Waals surface area contributed by atoms with Crippen LogP contribution in [0.5, 0.6) is 0 Å². The van der Waals surface area contributed by atoms with Crippen LogP contribution in [-0.4, -0.2) is 23.2 Å². The maximum absolute atomic E-state index is 12.7. The highest BCUT2D eigenvalue weighted by Crippen LogP contribution is 2.29. The first-order valence-corrected chi connectivity index (χ1v) is 8.98. The summed E-state index contributed by atoms with van der Waals surface area (Å²) in [6.45, 7) is 4.56. The van der Waals surface area contributed by atoms with E-state index in [1.165, 1.54) is 17.3 Å². The van der Waals surface area contributed by atoms with Gasteiger partial charge in [-0.1, -0.05) is 30.0 Å². The van der Waals surface area contributed by atoms with Crippen molar-refractivity contribution in [1.82, 2.24) is 4.98 Å². The van der Waals surface area contributed by atoms with Gasteiger partial charge in [0.25, 0.3) is 0 Å². The van der Waals surface area contributed by atoms with Gasteiger partial charge < -0.3 is 4.90 Å². The average Bonchev–Trinajstić information content (AvgIpc) is 2.58. The second-order valence-corrected chi connectivity index (χ2v) is 6.90. The Kier molecular flexibility index (Phi) is 4.86. The lowest BCUT2D eigenvalue weighted by Gasteiger charge is -2.29. The molecule has 24 heavy (non-hydrogen) atoms. The fourth-order valence-corrected chi connectivity index (χ4v) is 4.02. The Morgan fingerprint density at radius 3 is 2.96 bits per heavy atom. The zero-order chi connectivity index (χ0) is 17.1. The number of para-hydroxylation sites is 1. The number of nitriles is 1. The number of aromatic nitrogens is 1. The number of hydrogen-bond donors (Lipinski definition) is 0. The molecule has 1 aliphatic rings. The van der Waals surface area contributed by atoms with Gasteiger partial charge in [-0.3, -0.25) is 4.79 Å². The van der Waals surface area contributed by atoms with Crippen LogP contribution in [0.4, 0.5) is 5.69 Å². The van der Waals surface area contributed by atoms with Crippen molar-refractivity contribution in [1.29, 1.82) is 5.26 Å². The second kappa shape index (κ2) is 7.06. The van der Waals surface area contributed by atoms with Crippen molar-refractivity contribution in [3.63, 3.8) is 0 Å². The summed E-state index contributed by atoms with van der Waals surface area (Å²) in [7, 11) is 0. The Labute approximate surface area is 146 Å². The van der Waals surface area contributed by atoms with E-state index in [4.69, 9.17) is 0 Å². The summed E-state index contributed by atoms with van der Waals surface area (Å²) in [6, 6.07) is 12.2. The first-order valence-electron chi connectivity index (χ1n) is 7.99. The van der Waals surface area contributed by atoms with E-state index in [9.17, 15) is 10.1 Å². The number of aryl methyl sites for hydroxylation is 3. The minimum atomic E-state index is 0.0667. The van der Waals surface area contributed by atoms with Crippen LogP contribution in [0.2, 0.25) is 0 Å². The molecule has 4 nitrogen and oxygen atoms in total. The number of fused-ring (bicyclic) bond motifs is 1. The minimum absolute atomic E-state index is 0.0667. The van der Waals surface area contributed by atoms with Crippen LogP contribution in [0.15, 0.2) is 35.4 Å². The normalized spacial score (nSPS) is 13.3. The van der Waals surface area contributed by atoms with Crippen molar-refractivity contribution in [2.45, 2.75) is 31.7 Å². The molecule has 0 saturated heterocycles. The molecule has 2 heterocycles. The van der Waals surface area contributed by atoms with Crippen LogP contribution in [0.1, 0.15) is 28.8 Å². The Balaban J connectivity index is 1.77. The lowest BCUT2D eigenvalue weighted by atomic mass is 10.0. The number of rotatable bonds is 3. The van der Waals surface area contributed by atoms with Gasteiger partial charge in [-0.25, -0.2) is 4.98 Å². The molecule has 1 amide bonds. The Hall–Kier alpha value is -2.32. The van der Waals surface area contributed by atoms with Crippen molar-refractivity contribution >= 4 is 23.4 Å². The molecule has 0 radical (unpaired) electrons. The number of pyridine rings is 1. The van der Waals surface area contributed by atoms with E-state index in [1.807, 2.05) is 43.0 Å². The van der Waals surface area contributed by atoms with Crippen LogP contribution in [-0.2, 0) is 11.2 Å². The summed E-state index contributed by atoms with van der Waals surface area (Å²) >= 11 is 1.35. The lowest BCUT2D eigenvalue weighted by molar-refractivity contribution is -0.116. The molecule has 122 valence electrons. The highest BCUT2D eigenvalue weighted by molar-refractivity contribution is 8.00. The van der Waals surface area contributed by atoms with Gasteiger partial charge in [0, 0.05) is 17.9 Å². The number of hydrogen-bond acceptors (Lipinski definition) is 4. The zero-order valence-corrected chi connectivity index (χ0v) is 14.7. The molecule has 0 aliphatic carbocycles. The third-order valence-electron chi connectivity index (χ3n) is 4.17. The molecule has 1 aromatic heterocycles. The molecule has 0 spiro atoms. The molecular formula is C19H19N3OS. The number of carbonyl (C=O) groups excluding carboxylic acids is 1. The predicted molar refractivity (Wildman–Crippen MR) is 96.3 cm³/mol. The molecule has 5 heteroatoms. The highest BCUT2D eigenvalue weighted by atomic mass is 32.2. The van der Waals surface area contributed by atoms with Crippen LogP contribution in [0.3, 0.4) is 0 Å². The van der Waals surface area contributed by atoms with Gasteiger partial charge >= 0.3 is 0 Å². The van der Waals surface area contributed by atoms with Crippen LogP contribution in [0.25, 0.3) is 0 Å². The van der Waals surface area contributed by atoms with Gasteiger partial charge in [0.2, 0.25) is 5.91 Å². The molecule has 0 N–H and O–H groups in total. The van der Waals surface area contributed by atoms with Gasteiger partial charge in [0.1, 0.15) is 11.1 Å². The third-order valence-corrected chi connectivity index (χ3v) is 5.13. The van der Waals surface area contributed by atoms with Crippen LogP contribution >= 0.6 is 11.8 Å². The maximum Gasteiger partial charge on any atom is 0.237 e. The third kappa shape index (κ3) is 3.29. The molecule has 0 fully saturated rings. The fraction of sp³-hybridized carbons (Fsp3) is 0.316. The van der Waals surface area contributed by atoms with E-state index in [0.717, 1.165) is 36.3 Å². The Morgan fingerprint density at radius 2 is 2.17 bits per heavy atom. The summed E-state index contributed by atoms with van der Waals surface area (Å²) in [5.41, 5.74) is 4.58. The van der Waals surface area contributed by atoms with Crippen LogP contribution in [0, 0.1) is 25.2 Å². The standard InChI is InChI=1S/C19H19N3OS/c1-13-10-14(2)21-19(16(13)11-20)24-12-18(23)22-9-5-7-15-6-3-4-8-17(15)22/h3-4,6,8,10H,5,7,9,12H2,1-2H3. The van der Waals surface area contributed by atoms with E-state index in [1.54, 1.807) is 0 Å². The molecule has 0 atom stereocenters. The monoisotopic (exact) mass is 337 g/mol. The summed E-state index contributed by atoms with van der Waals surface area (Å²) in [4.78, 5) is 19.0. The van der Waals surface area contributed by atoms with Gasteiger partial charge in [-0.05, 0) is 49.9 Å². The first kappa shape index (κ1) is 16.5. The van der Waals surface area contributed by atoms with E-state index in [0.29, 0.717) is 16.3 Å². The minimum Gasteiger partial charge on any atom is -0.311 e. The van der Waals surface area contributed by atoms with E-state index in [-0.39, 0.29) is 5.91 Å². The summed E-state index contributed by atoms with van der Waals surface area (Å²) in [6.07, 6.45) is 2.00. The Bertz CT molecular complexity index is 826. The molecule has 3 rings (SSSR count). The predicted octanol–water partition coefficient (Wildman–Crippen LogP) is 3.64. The van der Waals surface area contributed by atoms with E-state index in [2.05, 4.69) is 17.1 Å². The summed E-state index contributed by atoms with van der Waals surface area (Å²) in [5.74, 6) is 0.357. The number of amides is 1. The van der Waals surface area contributed by atoms with Gasteiger partial charge in [0.05, 0.1) is 11.3 Å². The fourth-order valence-electron chi connectivity index (χ4n) is 3.04. The number of benzene rings is 1. The quantitative estimate of drug-likeness (QED) is 0.802. The largest absolute Gasteiger partial charge is 0.311 e. The maximum atomic E-state index is 12.7. The second-order valence-electron chi connectivity index (χ2n) is 5.94. The number of carbonyl (C=O) groups is 1. The lowest BCUT2D eigenvalue weighted by Crippen LogP contribution is -2.36. The van der Waals surface area contributed by atoms with Crippen molar-refractivity contribution < 1.29 is 4.79 Å².